The second kappa shape index (κ2) is 9.57. The maximum absolute atomic E-state index is 12.8. The zero-order valence-corrected chi connectivity index (χ0v) is 17.3. The number of carbonyl (C=O) groups excluding carboxylic acids is 1. The highest BCUT2D eigenvalue weighted by Gasteiger charge is 2.24. The summed E-state index contributed by atoms with van der Waals surface area (Å²) in [4.78, 5) is 12.6. The van der Waals surface area contributed by atoms with Gasteiger partial charge in [-0.25, -0.2) is 8.42 Å². The summed E-state index contributed by atoms with van der Waals surface area (Å²) in [6.45, 7) is 5.88. The number of methoxy groups -OCH3 is 1. The Labute approximate surface area is 166 Å². The van der Waals surface area contributed by atoms with Gasteiger partial charge in [-0.1, -0.05) is 32.0 Å². The normalized spacial score (nSPS) is 12.5. The number of amides is 1. The van der Waals surface area contributed by atoms with E-state index in [0.29, 0.717) is 24.6 Å². The molecule has 0 spiro atoms. The molecular formula is C20H26N2O5S. The molecule has 2 aromatic carbocycles. The third-order valence-electron chi connectivity index (χ3n) is 4.20. The first kappa shape index (κ1) is 21.7. The maximum Gasteiger partial charge on any atom is 0.265 e. The van der Waals surface area contributed by atoms with Crippen LogP contribution in [-0.4, -0.2) is 44.9 Å². The molecule has 8 heteroatoms. The van der Waals surface area contributed by atoms with Crippen LogP contribution in [0.1, 0.15) is 20.8 Å². The Bertz CT molecular complexity index is 896. The molecule has 1 atom stereocenters. The molecule has 2 aromatic rings. The number of ether oxygens (including phenoxy) is 2. The molecule has 7 nitrogen and oxygen atoms in total. The Hall–Kier alpha value is -2.58. The molecule has 1 unspecified atom stereocenters. The van der Waals surface area contributed by atoms with Gasteiger partial charge in [0.2, 0.25) is 10.0 Å². The Kier molecular flexibility index (Phi) is 7.42. The van der Waals surface area contributed by atoms with Crippen molar-refractivity contribution in [2.75, 3.05) is 25.5 Å². The Balaban J connectivity index is 2.25. The first-order chi connectivity index (χ1) is 13.3. The fourth-order valence-electron chi connectivity index (χ4n) is 2.65. The van der Waals surface area contributed by atoms with Crippen LogP contribution in [-0.2, 0) is 14.8 Å². The van der Waals surface area contributed by atoms with Crippen LogP contribution in [0, 0.1) is 0 Å². The third kappa shape index (κ3) is 5.02. The number of carbonyl (C=O) groups is 1. The van der Waals surface area contributed by atoms with Crippen molar-refractivity contribution in [2.24, 2.45) is 0 Å². The second-order valence-corrected chi connectivity index (χ2v) is 7.95. The smallest absolute Gasteiger partial charge is 0.265 e. The van der Waals surface area contributed by atoms with Crippen molar-refractivity contribution >= 4 is 21.6 Å². The molecule has 28 heavy (non-hydrogen) atoms. The number of nitrogens with one attached hydrogen (secondary N) is 1. The summed E-state index contributed by atoms with van der Waals surface area (Å²) in [7, 11) is -2.21. The number of nitrogens with zero attached hydrogens (tertiary/aromatic N) is 1. The molecule has 0 aliphatic rings. The number of rotatable bonds is 9. The zero-order valence-electron chi connectivity index (χ0n) is 16.5. The molecule has 0 saturated carbocycles. The van der Waals surface area contributed by atoms with Gasteiger partial charge in [-0.3, -0.25) is 4.79 Å². The molecule has 0 bridgehead atoms. The highest BCUT2D eigenvalue weighted by atomic mass is 32.2. The SMILES string of the molecule is CCN(CC)S(=O)(=O)c1ccc(OC)c(NC(=O)C(C)Oc2ccccc2)c1. The van der Waals surface area contributed by atoms with Crippen LogP contribution >= 0.6 is 0 Å². The van der Waals surface area contributed by atoms with E-state index in [4.69, 9.17) is 9.47 Å². The molecule has 1 amide bonds. The molecule has 0 aliphatic carbocycles. The van der Waals surface area contributed by atoms with Crippen molar-refractivity contribution < 1.29 is 22.7 Å². The molecule has 0 heterocycles. The average Bonchev–Trinajstić information content (AvgIpc) is 2.69. The number of benzene rings is 2. The minimum absolute atomic E-state index is 0.0870. The van der Waals surface area contributed by atoms with Gasteiger partial charge in [0.05, 0.1) is 17.7 Å². The summed E-state index contributed by atoms with van der Waals surface area (Å²) >= 11 is 0. The summed E-state index contributed by atoms with van der Waals surface area (Å²) < 4.78 is 37.7. The topological polar surface area (TPSA) is 84.9 Å². The highest BCUT2D eigenvalue weighted by molar-refractivity contribution is 7.89. The minimum Gasteiger partial charge on any atom is -0.495 e. The minimum atomic E-state index is -3.66. The molecule has 0 radical (unpaired) electrons. The zero-order chi connectivity index (χ0) is 20.7. The van der Waals surface area contributed by atoms with Crippen LogP contribution in [0.4, 0.5) is 5.69 Å². The van der Waals surface area contributed by atoms with Crippen LogP contribution in [0.3, 0.4) is 0 Å². The lowest BCUT2D eigenvalue weighted by Gasteiger charge is -2.20. The monoisotopic (exact) mass is 406 g/mol. The van der Waals surface area contributed by atoms with Gasteiger partial charge in [0.15, 0.2) is 6.10 Å². The maximum atomic E-state index is 12.8. The van der Waals surface area contributed by atoms with E-state index < -0.39 is 22.0 Å². The van der Waals surface area contributed by atoms with Crippen LogP contribution in [0.25, 0.3) is 0 Å². The second-order valence-electron chi connectivity index (χ2n) is 6.01. The molecule has 0 fully saturated rings. The van der Waals surface area contributed by atoms with Gasteiger partial charge < -0.3 is 14.8 Å². The Morgan fingerprint density at radius 2 is 1.75 bits per heavy atom. The fraction of sp³-hybridized carbons (Fsp3) is 0.350. The van der Waals surface area contributed by atoms with Gasteiger partial charge >= 0.3 is 0 Å². The fourth-order valence-corrected chi connectivity index (χ4v) is 4.13. The predicted molar refractivity (Wildman–Crippen MR) is 108 cm³/mol. The molecule has 0 saturated heterocycles. The summed E-state index contributed by atoms with van der Waals surface area (Å²) in [5.74, 6) is 0.508. The van der Waals surface area contributed by atoms with Gasteiger partial charge in [-0.15, -0.1) is 0 Å². The highest BCUT2D eigenvalue weighted by Crippen LogP contribution is 2.29. The molecule has 1 N–H and O–H groups in total. The van der Waals surface area contributed by atoms with Crippen molar-refractivity contribution in [3.63, 3.8) is 0 Å². The van der Waals surface area contributed by atoms with E-state index in [1.807, 2.05) is 18.2 Å². The molecular weight excluding hydrogens is 380 g/mol. The number of para-hydroxylation sites is 1. The van der Waals surface area contributed by atoms with Crippen LogP contribution in [0.5, 0.6) is 11.5 Å². The predicted octanol–water partition coefficient (Wildman–Crippen LogP) is 3.13. The standard InChI is InChI=1S/C20H26N2O5S/c1-5-22(6-2)28(24,25)17-12-13-19(26-4)18(14-17)21-20(23)15(3)27-16-10-8-7-9-11-16/h7-15H,5-6H2,1-4H3,(H,21,23). The van der Waals surface area contributed by atoms with Gasteiger partial charge in [0.25, 0.3) is 5.91 Å². The van der Waals surface area contributed by atoms with Crippen molar-refractivity contribution in [3.05, 3.63) is 48.5 Å². The van der Waals surface area contributed by atoms with Crippen molar-refractivity contribution in [1.29, 1.82) is 0 Å². The van der Waals surface area contributed by atoms with E-state index in [-0.39, 0.29) is 10.6 Å². The van der Waals surface area contributed by atoms with E-state index in [0.717, 1.165) is 0 Å². The van der Waals surface area contributed by atoms with Crippen LogP contribution in [0.2, 0.25) is 0 Å². The summed E-state index contributed by atoms with van der Waals surface area (Å²) in [6, 6.07) is 13.4. The average molecular weight is 407 g/mol. The van der Waals surface area contributed by atoms with Crippen molar-refractivity contribution in [1.82, 2.24) is 4.31 Å². The van der Waals surface area contributed by atoms with E-state index in [1.54, 1.807) is 32.9 Å². The lowest BCUT2D eigenvalue weighted by molar-refractivity contribution is -0.122. The van der Waals surface area contributed by atoms with Crippen LogP contribution in [0.15, 0.2) is 53.4 Å². The van der Waals surface area contributed by atoms with Crippen LogP contribution < -0.4 is 14.8 Å². The number of hydrogen-bond acceptors (Lipinski definition) is 5. The summed E-state index contributed by atoms with van der Waals surface area (Å²) in [6.07, 6.45) is -0.782. The number of hydrogen-bond donors (Lipinski definition) is 1. The van der Waals surface area contributed by atoms with Crippen molar-refractivity contribution in [2.45, 2.75) is 31.8 Å². The van der Waals surface area contributed by atoms with E-state index in [2.05, 4.69) is 5.32 Å². The quantitative estimate of drug-likeness (QED) is 0.692. The molecule has 152 valence electrons. The molecule has 2 rings (SSSR count). The van der Waals surface area contributed by atoms with E-state index in [9.17, 15) is 13.2 Å². The van der Waals surface area contributed by atoms with E-state index >= 15 is 0 Å². The summed E-state index contributed by atoms with van der Waals surface area (Å²) in [5.41, 5.74) is 0.268. The number of anilines is 1. The molecule has 0 aromatic heterocycles. The number of sulfonamides is 1. The first-order valence-electron chi connectivity index (χ1n) is 9.04. The Morgan fingerprint density at radius 3 is 2.32 bits per heavy atom. The van der Waals surface area contributed by atoms with Crippen molar-refractivity contribution in [3.8, 4) is 11.5 Å². The lowest BCUT2D eigenvalue weighted by Crippen LogP contribution is -2.31. The summed E-state index contributed by atoms with van der Waals surface area (Å²) in [5, 5.41) is 2.70. The third-order valence-corrected chi connectivity index (χ3v) is 6.24. The largest absolute Gasteiger partial charge is 0.495 e. The van der Waals surface area contributed by atoms with Gasteiger partial charge in [0, 0.05) is 13.1 Å². The van der Waals surface area contributed by atoms with Gasteiger partial charge in [-0.05, 0) is 37.3 Å². The van der Waals surface area contributed by atoms with E-state index in [1.165, 1.54) is 29.6 Å². The molecule has 0 aliphatic heterocycles. The first-order valence-corrected chi connectivity index (χ1v) is 10.5. The van der Waals surface area contributed by atoms with Gasteiger partial charge in [0.1, 0.15) is 11.5 Å². The lowest BCUT2D eigenvalue weighted by atomic mass is 10.2. The van der Waals surface area contributed by atoms with Gasteiger partial charge in [-0.2, -0.15) is 4.31 Å². The Morgan fingerprint density at radius 1 is 1.11 bits per heavy atom.